The first-order chi connectivity index (χ1) is 7.28. The largest absolute Gasteiger partial charge is 0.380 e. The third-order valence-electron chi connectivity index (χ3n) is 1.46. The molecule has 0 radical (unpaired) electrons. The maximum Gasteiger partial charge on any atom is 0.380 e. The first-order valence-corrected chi connectivity index (χ1v) is 5.92. The Labute approximate surface area is 97.6 Å². The molecule has 0 unspecified atom stereocenters. The molecule has 8 heteroatoms. The Hall–Kier alpha value is -1.31. The molecule has 1 amide bonds. The fourth-order valence-electron chi connectivity index (χ4n) is 0.987. The summed E-state index contributed by atoms with van der Waals surface area (Å²) in [6.07, 6.45) is 0. The van der Waals surface area contributed by atoms with E-state index in [4.69, 9.17) is 16.7 Å². The number of amides is 1. The van der Waals surface area contributed by atoms with Crippen LogP contribution in [0.15, 0.2) is 18.2 Å². The predicted molar refractivity (Wildman–Crippen MR) is 59.5 cm³/mol. The van der Waals surface area contributed by atoms with Gasteiger partial charge in [0, 0.05) is 11.9 Å². The first kappa shape index (κ1) is 12.8. The molecule has 3 N–H and O–H groups in total. The first-order valence-electron chi connectivity index (χ1n) is 4.07. The van der Waals surface area contributed by atoms with Crippen LogP contribution < -0.4 is 14.6 Å². The zero-order chi connectivity index (χ0) is 12.3. The molecule has 0 aliphatic carbocycles. The number of rotatable bonds is 3. The van der Waals surface area contributed by atoms with Crippen LogP contribution in [0.1, 0.15) is 6.92 Å². The number of anilines is 1. The third kappa shape index (κ3) is 4.05. The number of benzene rings is 1. The Morgan fingerprint density at radius 1 is 1.50 bits per heavy atom. The molecular weight excluding hydrogens is 256 g/mol. The van der Waals surface area contributed by atoms with Crippen LogP contribution in [0, 0.1) is 0 Å². The molecule has 0 aliphatic heterocycles. The van der Waals surface area contributed by atoms with Gasteiger partial charge in [-0.25, -0.2) is 0 Å². The summed E-state index contributed by atoms with van der Waals surface area (Å²) >= 11 is 5.68. The topological polar surface area (TPSA) is 98.5 Å². The van der Waals surface area contributed by atoms with Gasteiger partial charge in [-0.15, -0.1) is 0 Å². The van der Waals surface area contributed by atoms with Crippen molar-refractivity contribution in [3.05, 3.63) is 23.2 Å². The second kappa shape index (κ2) is 4.69. The highest BCUT2D eigenvalue weighted by atomic mass is 35.5. The maximum absolute atomic E-state index is 10.9. The third-order valence-corrected chi connectivity index (χ3v) is 2.11. The van der Waals surface area contributed by atoms with Crippen LogP contribution in [0.25, 0.3) is 0 Å². The van der Waals surface area contributed by atoms with Gasteiger partial charge in [0.1, 0.15) is 0 Å². The van der Waals surface area contributed by atoms with Crippen LogP contribution in [-0.2, 0) is 15.1 Å². The Bertz CT molecular complexity index is 515. The second-order valence-electron chi connectivity index (χ2n) is 2.90. The summed E-state index contributed by atoms with van der Waals surface area (Å²) in [5, 5.41) is 7.40. The summed E-state index contributed by atoms with van der Waals surface area (Å²) in [6.45, 7) is 1.27. The van der Waals surface area contributed by atoms with E-state index in [-0.39, 0.29) is 17.3 Å². The molecule has 6 nitrogen and oxygen atoms in total. The standard InChI is InChI=1S/C8H9ClN2O4S/c1-5(12)11-7-4-6(9)2-3-8(7)15-16(10,13)14/h2-4H,1H3,(H,11,12)(H2,10,13,14). The second-order valence-corrected chi connectivity index (χ2v) is 4.49. The predicted octanol–water partition coefficient (Wildman–Crippen LogP) is 0.881. The molecule has 16 heavy (non-hydrogen) atoms. The Morgan fingerprint density at radius 3 is 2.62 bits per heavy atom. The number of halogens is 1. The summed E-state index contributed by atoms with van der Waals surface area (Å²) in [5.41, 5.74) is 0.133. The molecule has 0 spiro atoms. The lowest BCUT2D eigenvalue weighted by atomic mass is 10.3. The Morgan fingerprint density at radius 2 is 2.12 bits per heavy atom. The van der Waals surface area contributed by atoms with Crippen molar-refractivity contribution in [2.24, 2.45) is 5.14 Å². The molecule has 1 aromatic carbocycles. The van der Waals surface area contributed by atoms with Gasteiger partial charge in [-0.05, 0) is 18.2 Å². The normalized spacial score (nSPS) is 10.9. The number of carbonyl (C=O) groups excluding carboxylic acids is 1. The summed E-state index contributed by atoms with van der Waals surface area (Å²) in [7, 11) is -4.14. The summed E-state index contributed by atoms with van der Waals surface area (Å²) in [4.78, 5) is 10.9. The van der Waals surface area contributed by atoms with Crippen LogP contribution in [0.2, 0.25) is 5.02 Å². The maximum atomic E-state index is 10.9. The van der Waals surface area contributed by atoms with Gasteiger partial charge >= 0.3 is 10.3 Å². The molecule has 0 aliphatic rings. The van der Waals surface area contributed by atoms with Crippen LogP contribution in [0.3, 0.4) is 0 Å². The van der Waals surface area contributed by atoms with Crippen molar-refractivity contribution in [3.63, 3.8) is 0 Å². The van der Waals surface area contributed by atoms with E-state index in [0.29, 0.717) is 5.02 Å². The minimum Gasteiger partial charge on any atom is -0.369 e. The monoisotopic (exact) mass is 264 g/mol. The summed E-state index contributed by atoms with van der Waals surface area (Å²) in [6, 6.07) is 4.05. The molecule has 0 aromatic heterocycles. The highest BCUT2D eigenvalue weighted by molar-refractivity contribution is 7.84. The van der Waals surface area contributed by atoms with E-state index in [1.807, 2.05) is 0 Å². The SMILES string of the molecule is CC(=O)Nc1cc(Cl)ccc1OS(N)(=O)=O. The van der Waals surface area contributed by atoms with Crippen molar-refractivity contribution >= 4 is 33.5 Å². The molecule has 0 fully saturated rings. The summed E-state index contributed by atoms with van der Waals surface area (Å²) < 4.78 is 25.9. The Kier molecular flexibility index (Phi) is 3.74. The Balaban J connectivity index is 3.12. The number of hydrogen-bond donors (Lipinski definition) is 2. The fourth-order valence-corrected chi connectivity index (χ4v) is 1.56. The van der Waals surface area contributed by atoms with Crippen molar-refractivity contribution in [1.29, 1.82) is 0 Å². The van der Waals surface area contributed by atoms with Crippen molar-refractivity contribution in [3.8, 4) is 5.75 Å². The molecule has 0 heterocycles. The average Bonchev–Trinajstić information content (AvgIpc) is 2.06. The molecular formula is C8H9ClN2O4S. The van der Waals surface area contributed by atoms with Crippen molar-refractivity contribution in [1.82, 2.24) is 0 Å². The lowest BCUT2D eigenvalue weighted by Crippen LogP contribution is -2.20. The quantitative estimate of drug-likeness (QED) is 0.847. The molecule has 0 atom stereocenters. The van der Waals surface area contributed by atoms with E-state index in [0.717, 1.165) is 0 Å². The van der Waals surface area contributed by atoms with E-state index < -0.39 is 10.3 Å². The number of carbonyl (C=O) groups is 1. The van der Waals surface area contributed by atoms with Gasteiger partial charge in [-0.2, -0.15) is 13.6 Å². The van der Waals surface area contributed by atoms with E-state index in [1.54, 1.807) is 0 Å². The molecule has 0 bridgehead atoms. The molecule has 0 saturated heterocycles. The van der Waals surface area contributed by atoms with Gasteiger partial charge < -0.3 is 9.50 Å². The van der Waals surface area contributed by atoms with Gasteiger partial charge in [-0.3, -0.25) is 4.79 Å². The van der Waals surface area contributed by atoms with Crippen LogP contribution >= 0.6 is 11.6 Å². The molecule has 1 rings (SSSR count). The molecule has 1 aromatic rings. The van der Waals surface area contributed by atoms with Gasteiger partial charge in [0.25, 0.3) is 0 Å². The van der Waals surface area contributed by atoms with E-state index in [1.165, 1.54) is 25.1 Å². The minimum absolute atomic E-state index is 0.0953. The minimum atomic E-state index is -4.14. The van der Waals surface area contributed by atoms with Crippen LogP contribution in [-0.4, -0.2) is 14.3 Å². The zero-order valence-electron chi connectivity index (χ0n) is 8.23. The fraction of sp³-hybridized carbons (Fsp3) is 0.125. The number of nitrogens with two attached hydrogens (primary N) is 1. The van der Waals surface area contributed by atoms with Gasteiger partial charge in [0.2, 0.25) is 5.91 Å². The van der Waals surface area contributed by atoms with Gasteiger partial charge in [-0.1, -0.05) is 11.6 Å². The van der Waals surface area contributed by atoms with Crippen molar-refractivity contribution in [2.75, 3.05) is 5.32 Å². The number of nitrogens with one attached hydrogen (secondary N) is 1. The molecule has 88 valence electrons. The highest BCUT2D eigenvalue weighted by Gasteiger charge is 2.11. The van der Waals surface area contributed by atoms with Gasteiger partial charge in [0.15, 0.2) is 5.75 Å². The van der Waals surface area contributed by atoms with Crippen molar-refractivity contribution < 1.29 is 17.4 Å². The average molecular weight is 265 g/mol. The lowest BCUT2D eigenvalue weighted by Gasteiger charge is -2.09. The molecule has 0 saturated carbocycles. The van der Waals surface area contributed by atoms with Crippen molar-refractivity contribution in [2.45, 2.75) is 6.92 Å². The highest BCUT2D eigenvalue weighted by Crippen LogP contribution is 2.28. The summed E-state index contributed by atoms with van der Waals surface area (Å²) in [5.74, 6) is -0.483. The van der Waals surface area contributed by atoms with E-state index >= 15 is 0 Å². The number of hydrogen-bond acceptors (Lipinski definition) is 4. The van der Waals surface area contributed by atoms with E-state index in [9.17, 15) is 13.2 Å². The van der Waals surface area contributed by atoms with E-state index in [2.05, 4.69) is 9.50 Å². The van der Waals surface area contributed by atoms with Crippen LogP contribution in [0.5, 0.6) is 5.75 Å². The van der Waals surface area contributed by atoms with Crippen LogP contribution in [0.4, 0.5) is 5.69 Å². The lowest BCUT2D eigenvalue weighted by molar-refractivity contribution is -0.114. The smallest absolute Gasteiger partial charge is 0.369 e. The zero-order valence-corrected chi connectivity index (χ0v) is 9.80. The van der Waals surface area contributed by atoms with Gasteiger partial charge in [0.05, 0.1) is 5.69 Å².